The molecule has 1 aromatic carbocycles. The molecule has 0 bridgehead atoms. The van der Waals surface area contributed by atoms with E-state index >= 15 is 0 Å². The molecule has 0 saturated carbocycles. The Morgan fingerprint density at radius 1 is 1.33 bits per heavy atom. The molecule has 158 valence electrons. The molecular formula is C20H20F3N5O2. The number of aliphatic hydroxyl groups is 1. The second kappa shape index (κ2) is 7.86. The van der Waals surface area contributed by atoms with Crippen molar-refractivity contribution in [3.8, 4) is 5.75 Å². The van der Waals surface area contributed by atoms with Gasteiger partial charge in [0.1, 0.15) is 17.3 Å². The van der Waals surface area contributed by atoms with Crippen molar-refractivity contribution in [2.24, 2.45) is 4.99 Å². The quantitative estimate of drug-likeness (QED) is 0.707. The van der Waals surface area contributed by atoms with Crippen LogP contribution in [0.15, 0.2) is 53.1 Å². The monoisotopic (exact) mass is 419 g/mol. The number of benzene rings is 1. The maximum Gasteiger partial charge on any atom is 0.207 e. The molecule has 0 spiro atoms. The van der Waals surface area contributed by atoms with E-state index in [-0.39, 0.29) is 18.1 Å². The molecule has 3 unspecified atom stereocenters. The Labute approximate surface area is 170 Å². The van der Waals surface area contributed by atoms with Crippen LogP contribution in [-0.4, -0.2) is 47.0 Å². The van der Waals surface area contributed by atoms with E-state index in [1.165, 1.54) is 6.33 Å². The Kier molecular flexibility index (Phi) is 5.25. The topological polar surface area (TPSA) is 85.8 Å². The van der Waals surface area contributed by atoms with Crippen LogP contribution in [-0.2, 0) is 0 Å². The number of halogens is 3. The van der Waals surface area contributed by atoms with E-state index in [0.717, 1.165) is 17.7 Å². The van der Waals surface area contributed by atoms with Crippen LogP contribution in [0.25, 0.3) is 0 Å². The number of imidazole rings is 1. The van der Waals surface area contributed by atoms with E-state index in [9.17, 15) is 18.3 Å². The van der Waals surface area contributed by atoms with Gasteiger partial charge in [-0.05, 0) is 48.4 Å². The number of hydrogen-bond donors (Lipinski definition) is 3. The van der Waals surface area contributed by atoms with E-state index in [0.29, 0.717) is 22.9 Å². The van der Waals surface area contributed by atoms with Crippen molar-refractivity contribution in [3.63, 3.8) is 0 Å². The summed E-state index contributed by atoms with van der Waals surface area (Å²) in [7, 11) is 1.56. The maximum absolute atomic E-state index is 13.8. The Bertz CT molecular complexity index is 1050. The van der Waals surface area contributed by atoms with Crippen LogP contribution in [0.2, 0.25) is 0 Å². The molecule has 4 rings (SSSR count). The average Bonchev–Trinajstić information content (AvgIpc) is 3.21. The number of fused-ring (bicyclic) bond motifs is 1. The number of aromatic nitrogens is 2. The summed E-state index contributed by atoms with van der Waals surface area (Å²) in [5.41, 5.74) is 2.11. The fraction of sp³-hybridized carbons (Fsp3) is 0.300. The number of ether oxygens (including phenoxy) is 1. The molecule has 2 aromatic rings. The number of guanidine groups is 1. The van der Waals surface area contributed by atoms with Crippen molar-refractivity contribution in [1.29, 1.82) is 0 Å². The number of aliphatic imine (C=N–C) groups is 1. The van der Waals surface area contributed by atoms with Gasteiger partial charge in [0.25, 0.3) is 0 Å². The van der Waals surface area contributed by atoms with Gasteiger partial charge in [0, 0.05) is 5.69 Å². The van der Waals surface area contributed by atoms with Gasteiger partial charge in [-0.15, -0.1) is 0 Å². The van der Waals surface area contributed by atoms with Gasteiger partial charge in [-0.25, -0.2) is 23.1 Å². The molecular weight excluding hydrogens is 399 g/mol. The summed E-state index contributed by atoms with van der Waals surface area (Å²) in [6, 6.07) is 5.37. The Morgan fingerprint density at radius 3 is 2.83 bits per heavy atom. The third kappa shape index (κ3) is 3.65. The van der Waals surface area contributed by atoms with Gasteiger partial charge in [0.2, 0.25) is 5.96 Å². The van der Waals surface area contributed by atoms with Crippen LogP contribution < -0.4 is 15.0 Å². The number of rotatable bonds is 4. The molecule has 2 aliphatic rings. The number of nitrogens with zero attached hydrogens (tertiary/aromatic N) is 3. The number of nitrogens with one attached hydrogen (secondary N) is 2. The highest BCUT2D eigenvalue weighted by molar-refractivity contribution is 6.07. The molecule has 1 aromatic heterocycles. The van der Waals surface area contributed by atoms with E-state index in [1.807, 2.05) is 13.0 Å². The first-order valence-corrected chi connectivity index (χ1v) is 9.21. The van der Waals surface area contributed by atoms with Crippen LogP contribution in [0.5, 0.6) is 5.75 Å². The highest BCUT2D eigenvalue weighted by atomic mass is 19.2. The number of hydrogen-bond acceptors (Lipinski definition) is 6. The van der Waals surface area contributed by atoms with Crippen LogP contribution >= 0.6 is 0 Å². The SMILES string of the molecule is COc1ccc(NC2=NC(O)c3[nH]cnc3N2CC2=CC(F)C(F)C(F)=C2)c(C)c1. The number of allylic oxidation sites excluding steroid dienone is 2. The number of aromatic amines is 1. The smallest absolute Gasteiger partial charge is 0.207 e. The fourth-order valence-electron chi connectivity index (χ4n) is 3.35. The lowest BCUT2D eigenvalue weighted by Crippen LogP contribution is -2.42. The van der Waals surface area contributed by atoms with E-state index in [1.54, 1.807) is 24.1 Å². The van der Waals surface area contributed by atoms with Gasteiger partial charge in [-0.3, -0.25) is 4.90 Å². The second-order valence-corrected chi connectivity index (χ2v) is 6.98. The van der Waals surface area contributed by atoms with E-state index in [2.05, 4.69) is 20.3 Å². The Balaban J connectivity index is 1.67. The molecule has 3 N–H and O–H groups in total. The molecule has 2 heterocycles. The zero-order valence-corrected chi connectivity index (χ0v) is 16.2. The minimum absolute atomic E-state index is 0.0355. The lowest BCUT2D eigenvalue weighted by atomic mass is 10.0. The predicted octanol–water partition coefficient (Wildman–Crippen LogP) is 3.48. The third-order valence-corrected chi connectivity index (χ3v) is 4.92. The molecule has 30 heavy (non-hydrogen) atoms. The highest BCUT2D eigenvalue weighted by Crippen LogP contribution is 2.32. The van der Waals surface area contributed by atoms with Crippen LogP contribution in [0.1, 0.15) is 17.5 Å². The molecule has 0 fully saturated rings. The van der Waals surface area contributed by atoms with Crippen molar-refractivity contribution < 1.29 is 23.0 Å². The fourth-order valence-corrected chi connectivity index (χ4v) is 3.35. The number of aliphatic hydroxyl groups excluding tert-OH is 1. The summed E-state index contributed by atoms with van der Waals surface area (Å²) in [6.07, 6.45) is -2.19. The Morgan fingerprint density at radius 2 is 2.13 bits per heavy atom. The first-order valence-electron chi connectivity index (χ1n) is 9.21. The second-order valence-electron chi connectivity index (χ2n) is 6.98. The molecule has 1 aliphatic carbocycles. The summed E-state index contributed by atoms with van der Waals surface area (Å²) in [6.45, 7) is 1.83. The number of H-pyrrole nitrogens is 1. The summed E-state index contributed by atoms with van der Waals surface area (Å²) in [5.74, 6) is 0.0797. The first-order chi connectivity index (χ1) is 14.4. The zero-order chi connectivity index (χ0) is 21.4. The van der Waals surface area contributed by atoms with Gasteiger partial charge in [0.05, 0.1) is 20.0 Å². The van der Waals surface area contributed by atoms with Crippen molar-refractivity contribution in [1.82, 2.24) is 9.97 Å². The first kappa shape index (κ1) is 20.0. The summed E-state index contributed by atoms with van der Waals surface area (Å²) in [5, 5.41) is 13.5. The highest BCUT2D eigenvalue weighted by Gasteiger charge is 2.32. The molecule has 7 nitrogen and oxygen atoms in total. The molecule has 0 radical (unpaired) electrons. The summed E-state index contributed by atoms with van der Waals surface area (Å²) < 4.78 is 46.3. The maximum atomic E-state index is 13.8. The summed E-state index contributed by atoms with van der Waals surface area (Å²) in [4.78, 5) is 12.8. The number of aryl methyl sites for hydroxylation is 1. The van der Waals surface area contributed by atoms with Crippen molar-refractivity contribution in [2.45, 2.75) is 25.5 Å². The lowest BCUT2D eigenvalue weighted by Gasteiger charge is -2.31. The number of anilines is 2. The van der Waals surface area contributed by atoms with Crippen molar-refractivity contribution in [3.05, 3.63) is 59.3 Å². The van der Waals surface area contributed by atoms with Gasteiger partial charge < -0.3 is 20.1 Å². The number of methoxy groups -OCH3 is 1. The summed E-state index contributed by atoms with van der Waals surface area (Å²) >= 11 is 0. The molecule has 3 atom stereocenters. The van der Waals surface area contributed by atoms with Gasteiger partial charge in [0.15, 0.2) is 24.4 Å². The van der Waals surface area contributed by atoms with E-state index in [4.69, 9.17) is 4.74 Å². The van der Waals surface area contributed by atoms with E-state index < -0.39 is 24.4 Å². The van der Waals surface area contributed by atoms with Crippen molar-refractivity contribution in [2.75, 3.05) is 23.9 Å². The van der Waals surface area contributed by atoms with Crippen LogP contribution in [0.4, 0.5) is 24.7 Å². The molecule has 0 saturated heterocycles. The molecule has 1 aliphatic heterocycles. The van der Waals surface area contributed by atoms with Gasteiger partial charge in [-0.2, -0.15) is 0 Å². The van der Waals surface area contributed by atoms with Crippen molar-refractivity contribution >= 4 is 17.5 Å². The predicted molar refractivity (Wildman–Crippen MR) is 107 cm³/mol. The van der Waals surface area contributed by atoms with Crippen LogP contribution in [0.3, 0.4) is 0 Å². The standard InChI is InChI=1S/C20H20F3N5O2/c1-10-5-12(30-2)3-4-15(10)26-20-27-19(29)17-18(25-9-24-17)28(20)8-11-6-13(21)16(23)14(22)7-11/h3-7,9,13,16,19,29H,8H2,1-2H3,(H,24,25)(H,26,27). The minimum atomic E-state index is -2.30. The van der Waals surface area contributed by atoms with Gasteiger partial charge >= 0.3 is 0 Å². The zero-order valence-electron chi connectivity index (χ0n) is 16.2. The van der Waals surface area contributed by atoms with Gasteiger partial charge in [-0.1, -0.05) is 0 Å². The average molecular weight is 419 g/mol. The largest absolute Gasteiger partial charge is 0.497 e. The minimum Gasteiger partial charge on any atom is -0.497 e. The number of alkyl halides is 2. The Hall–Kier alpha value is -3.27. The molecule has 10 heteroatoms. The lowest BCUT2D eigenvalue weighted by molar-refractivity contribution is 0.182. The normalized spacial score (nSPS) is 23.3. The van der Waals surface area contributed by atoms with Crippen LogP contribution in [0, 0.1) is 6.92 Å². The molecule has 0 amide bonds. The third-order valence-electron chi connectivity index (χ3n) is 4.92.